The van der Waals surface area contributed by atoms with Crippen molar-refractivity contribution in [3.63, 3.8) is 0 Å². The molecule has 42 heavy (non-hydrogen) atoms. The van der Waals surface area contributed by atoms with Crippen molar-refractivity contribution in [2.24, 2.45) is 0 Å². The van der Waals surface area contributed by atoms with Crippen molar-refractivity contribution in [1.82, 2.24) is 10.2 Å². The molecule has 1 fully saturated rings. The van der Waals surface area contributed by atoms with Crippen LogP contribution in [0, 0.1) is 0 Å². The van der Waals surface area contributed by atoms with E-state index >= 15 is 0 Å². The number of ether oxygens (including phenoxy) is 2. The van der Waals surface area contributed by atoms with Gasteiger partial charge in [0.1, 0.15) is 17.8 Å². The molecule has 1 aliphatic rings. The maximum atomic E-state index is 14.0. The summed E-state index contributed by atoms with van der Waals surface area (Å²) in [6.45, 7) is 3.56. The van der Waals surface area contributed by atoms with E-state index in [1.54, 1.807) is 55.5 Å². The number of anilines is 1. The van der Waals surface area contributed by atoms with Gasteiger partial charge in [0.05, 0.1) is 37.7 Å². The maximum absolute atomic E-state index is 14.0. The Bertz CT molecular complexity index is 1470. The number of benzene rings is 3. The zero-order chi connectivity index (χ0) is 30.6. The van der Waals surface area contributed by atoms with E-state index in [0.717, 1.165) is 17.4 Å². The molecule has 1 amide bonds. The molecule has 3 atom stereocenters. The average Bonchev–Trinajstić information content (AvgIpc) is 2.93. The first kappa shape index (κ1) is 31.6. The number of methoxy groups -OCH3 is 1. The monoisotopic (exact) mass is 633 g/mol. The molecule has 0 saturated carbocycles. The number of carbonyl (C=O) groups is 2. The van der Waals surface area contributed by atoms with Gasteiger partial charge in [-0.3, -0.25) is 14.0 Å². The first-order valence-electron chi connectivity index (χ1n) is 13.3. The van der Waals surface area contributed by atoms with Crippen LogP contribution < -0.4 is 14.4 Å². The third-order valence-corrected chi connectivity index (χ3v) is 8.76. The highest BCUT2D eigenvalue weighted by molar-refractivity contribution is 7.92. The molecule has 0 radical (unpaired) electrons. The Morgan fingerprint density at radius 2 is 1.60 bits per heavy atom. The van der Waals surface area contributed by atoms with Crippen molar-refractivity contribution < 1.29 is 27.5 Å². The van der Waals surface area contributed by atoms with Crippen LogP contribution in [0.3, 0.4) is 0 Å². The van der Waals surface area contributed by atoms with Crippen LogP contribution >= 0.6 is 23.2 Å². The van der Waals surface area contributed by atoms with E-state index in [0.29, 0.717) is 21.5 Å². The minimum atomic E-state index is -3.87. The fraction of sp³-hybridized carbons (Fsp3) is 0.333. The maximum Gasteiger partial charge on any atom is 0.328 e. The predicted molar refractivity (Wildman–Crippen MR) is 164 cm³/mol. The zero-order valence-electron chi connectivity index (χ0n) is 23.7. The lowest BCUT2D eigenvalue weighted by atomic mass is 9.86. The van der Waals surface area contributed by atoms with Gasteiger partial charge >= 0.3 is 5.97 Å². The molecule has 0 aromatic heterocycles. The number of halogens is 2. The van der Waals surface area contributed by atoms with Crippen LogP contribution in [0.5, 0.6) is 5.75 Å². The van der Waals surface area contributed by atoms with Gasteiger partial charge in [0.2, 0.25) is 15.9 Å². The van der Waals surface area contributed by atoms with Gasteiger partial charge in [-0.25, -0.2) is 13.2 Å². The zero-order valence-corrected chi connectivity index (χ0v) is 26.0. The Balaban J connectivity index is 1.81. The quantitative estimate of drug-likeness (QED) is 0.306. The lowest BCUT2D eigenvalue weighted by Crippen LogP contribution is -2.73. The smallest absolute Gasteiger partial charge is 0.328 e. The van der Waals surface area contributed by atoms with E-state index in [2.05, 4.69) is 5.32 Å². The van der Waals surface area contributed by atoms with E-state index in [1.165, 1.54) is 18.3 Å². The molecule has 12 heteroatoms. The van der Waals surface area contributed by atoms with Gasteiger partial charge in [-0.15, -0.1) is 0 Å². The number of esters is 1. The third-order valence-electron chi connectivity index (χ3n) is 7.06. The van der Waals surface area contributed by atoms with Crippen molar-refractivity contribution in [3.8, 4) is 5.75 Å². The minimum absolute atomic E-state index is 0.157. The minimum Gasteiger partial charge on any atom is -0.497 e. The molecule has 1 heterocycles. The molecule has 224 valence electrons. The summed E-state index contributed by atoms with van der Waals surface area (Å²) >= 11 is 12.4. The fourth-order valence-electron chi connectivity index (χ4n) is 5.17. The number of carbonyl (C=O) groups excluding carboxylic acids is 2. The summed E-state index contributed by atoms with van der Waals surface area (Å²) in [5, 5.41) is 3.84. The van der Waals surface area contributed by atoms with Gasteiger partial charge in [-0.1, -0.05) is 53.5 Å². The van der Waals surface area contributed by atoms with Gasteiger partial charge in [0.15, 0.2) is 0 Å². The number of amides is 1. The Morgan fingerprint density at radius 3 is 2.10 bits per heavy atom. The van der Waals surface area contributed by atoms with Crippen LogP contribution in [0.25, 0.3) is 0 Å². The molecule has 0 spiro atoms. The van der Waals surface area contributed by atoms with Crippen molar-refractivity contribution in [3.05, 3.63) is 94.0 Å². The molecule has 1 saturated heterocycles. The standard InChI is InChI=1S/C30H33Cl2N3O6S/c1-5-41-30(37)19(2)33-29(36)28-26(35(42(4,38)39)24-7-6-8-25(17-24)40-3)18-34(28)27(20-9-13-22(31)14-10-20)21-11-15-23(32)16-12-21/h6-17,19,26-28H,5,18H2,1-4H3,(H,33,36). The van der Waals surface area contributed by atoms with Crippen LogP contribution in [0.4, 0.5) is 5.69 Å². The van der Waals surface area contributed by atoms with E-state index in [1.807, 2.05) is 29.2 Å². The fourth-order valence-corrected chi connectivity index (χ4v) is 6.60. The molecule has 9 nitrogen and oxygen atoms in total. The summed E-state index contributed by atoms with van der Waals surface area (Å²) in [7, 11) is -2.38. The molecule has 3 unspecified atom stereocenters. The SMILES string of the molecule is CCOC(=O)C(C)NC(=O)C1C(N(c2cccc(OC)c2)S(C)(=O)=O)CN1C(c1ccc(Cl)cc1)c1ccc(Cl)cc1. The molecule has 0 aliphatic carbocycles. The predicted octanol–water partition coefficient (Wildman–Crippen LogP) is 4.68. The highest BCUT2D eigenvalue weighted by Crippen LogP contribution is 2.41. The first-order valence-corrected chi connectivity index (χ1v) is 15.9. The number of nitrogens with zero attached hydrogens (tertiary/aromatic N) is 2. The van der Waals surface area contributed by atoms with Gasteiger partial charge in [0, 0.05) is 22.7 Å². The van der Waals surface area contributed by atoms with Gasteiger partial charge in [-0.05, 0) is 61.4 Å². The van der Waals surface area contributed by atoms with Gasteiger partial charge in [-0.2, -0.15) is 0 Å². The van der Waals surface area contributed by atoms with Crippen molar-refractivity contribution in [2.45, 2.75) is 38.0 Å². The second-order valence-corrected chi connectivity index (χ2v) is 12.7. The number of nitrogens with one attached hydrogen (secondary N) is 1. The molecule has 3 aromatic rings. The van der Waals surface area contributed by atoms with E-state index < -0.39 is 46.1 Å². The molecule has 3 aromatic carbocycles. The topological polar surface area (TPSA) is 105 Å². The summed E-state index contributed by atoms with van der Waals surface area (Å²) in [4.78, 5) is 28.3. The summed E-state index contributed by atoms with van der Waals surface area (Å²) < 4.78 is 38.2. The van der Waals surface area contributed by atoms with Gasteiger partial charge < -0.3 is 14.8 Å². The second-order valence-electron chi connectivity index (χ2n) is 9.96. The molecule has 1 aliphatic heterocycles. The molecule has 4 rings (SSSR count). The Labute approximate surface area is 256 Å². The lowest BCUT2D eigenvalue weighted by Gasteiger charge is -2.54. The van der Waals surface area contributed by atoms with Crippen LogP contribution in [0.2, 0.25) is 10.0 Å². The van der Waals surface area contributed by atoms with Crippen LogP contribution in [0.1, 0.15) is 31.0 Å². The number of likely N-dealkylation sites (tertiary alicyclic amines) is 1. The average molecular weight is 635 g/mol. The number of rotatable bonds is 11. The highest BCUT2D eigenvalue weighted by Gasteiger charge is 2.53. The van der Waals surface area contributed by atoms with Crippen LogP contribution in [-0.4, -0.2) is 69.8 Å². The van der Waals surface area contributed by atoms with E-state index in [9.17, 15) is 18.0 Å². The van der Waals surface area contributed by atoms with Crippen LogP contribution in [-0.2, 0) is 24.3 Å². The van der Waals surface area contributed by atoms with E-state index in [4.69, 9.17) is 32.7 Å². The normalized spacial score (nSPS) is 17.7. The summed E-state index contributed by atoms with van der Waals surface area (Å²) in [6.07, 6.45) is 1.10. The summed E-state index contributed by atoms with van der Waals surface area (Å²) in [6, 6.07) is 17.9. The molecular weight excluding hydrogens is 601 g/mol. The Morgan fingerprint density at radius 1 is 1.02 bits per heavy atom. The lowest BCUT2D eigenvalue weighted by molar-refractivity contribution is -0.148. The molecular formula is C30H33Cl2N3O6S. The number of hydrogen-bond acceptors (Lipinski definition) is 7. The summed E-state index contributed by atoms with van der Waals surface area (Å²) in [5.41, 5.74) is 2.03. The van der Waals surface area contributed by atoms with Crippen molar-refractivity contribution in [2.75, 3.05) is 30.8 Å². The molecule has 1 N–H and O–H groups in total. The number of hydrogen-bond donors (Lipinski definition) is 1. The van der Waals surface area contributed by atoms with E-state index in [-0.39, 0.29) is 13.2 Å². The molecule has 0 bridgehead atoms. The third kappa shape index (κ3) is 7.00. The second kappa shape index (κ2) is 13.3. The Kier molecular flexibility index (Phi) is 10.0. The van der Waals surface area contributed by atoms with Gasteiger partial charge in [0.25, 0.3) is 0 Å². The summed E-state index contributed by atoms with van der Waals surface area (Å²) in [5.74, 6) is -0.640. The highest BCUT2D eigenvalue weighted by atomic mass is 35.5. The van der Waals surface area contributed by atoms with Crippen LogP contribution in [0.15, 0.2) is 72.8 Å². The van der Waals surface area contributed by atoms with Crippen molar-refractivity contribution in [1.29, 1.82) is 0 Å². The Hall–Kier alpha value is -3.31. The van der Waals surface area contributed by atoms with Crippen molar-refractivity contribution >= 4 is 50.8 Å². The number of sulfonamides is 1. The largest absolute Gasteiger partial charge is 0.497 e. The first-order chi connectivity index (χ1) is 19.9.